The predicted molar refractivity (Wildman–Crippen MR) is 98.2 cm³/mol. The Morgan fingerprint density at radius 3 is 2.62 bits per heavy atom. The summed E-state index contributed by atoms with van der Waals surface area (Å²) in [6.07, 6.45) is 1.90. The summed E-state index contributed by atoms with van der Waals surface area (Å²) >= 11 is 0. The van der Waals surface area contributed by atoms with Crippen molar-refractivity contribution in [3.63, 3.8) is 0 Å². The van der Waals surface area contributed by atoms with Gasteiger partial charge in [-0.1, -0.05) is 49.7 Å². The van der Waals surface area contributed by atoms with Gasteiger partial charge in [0.15, 0.2) is 0 Å². The topological polar surface area (TPSA) is 43.6 Å². The van der Waals surface area contributed by atoms with Gasteiger partial charge in [0.2, 0.25) is 0 Å². The minimum Gasteiger partial charge on any atom is -0.655 e. The molecular weight excluding hydrogens is 300 g/mol. The molecule has 0 spiro atoms. The first-order valence-corrected chi connectivity index (χ1v) is 8.88. The SMILES string of the molecule is C[C@@H]([N-]CC1(C)CCCN(C(=O)OC(C)(C)C)C1)c1ccccc1. The Bertz CT molecular complexity index is 538. The maximum Gasteiger partial charge on any atom is 0.410 e. The summed E-state index contributed by atoms with van der Waals surface area (Å²) in [6, 6.07) is 10.5. The van der Waals surface area contributed by atoms with E-state index >= 15 is 0 Å². The second-order valence-electron chi connectivity index (χ2n) is 8.24. The van der Waals surface area contributed by atoms with Gasteiger partial charge in [0.25, 0.3) is 0 Å². The first-order chi connectivity index (χ1) is 11.2. The highest BCUT2D eigenvalue weighted by Gasteiger charge is 2.32. The lowest BCUT2D eigenvalue weighted by Crippen LogP contribution is -2.48. The van der Waals surface area contributed by atoms with Crippen molar-refractivity contribution in [3.05, 3.63) is 41.2 Å². The molecule has 134 valence electrons. The van der Waals surface area contributed by atoms with Crippen LogP contribution in [-0.2, 0) is 4.74 Å². The van der Waals surface area contributed by atoms with Crippen LogP contribution in [0, 0.1) is 5.41 Å². The maximum atomic E-state index is 12.3. The summed E-state index contributed by atoms with van der Waals surface area (Å²) in [5, 5.41) is 4.88. The van der Waals surface area contributed by atoms with Gasteiger partial charge >= 0.3 is 6.09 Å². The van der Waals surface area contributed by atoms with Gasteiger partial charge in [-0.15, -0.1) is 12.6 Å². The fourth-order valence-electron chi connectivity index (χ4n) is 3.12. The fourth-order valence-corrected chi connectivity index (χ4v) is 3.12. The molecule has 4 heteroatoms. The second kappa shape index (κ2) is 7.56. The minimum atomic E-state index is -0.447. The van der Waals surface area contributed by atoms with E-state index in [1.165, 1.54) is 5.56 Å². The van der Waals surface area contributed by atoms with Crippen LogP contribution in [-0.4, -0.2) is 36.2 Å². The van der Waals surface area contributed by atoms with Crippen LogP contribution in [0.1, 0.15) is 59.1 Å². The molecule has 1 aromatic rings. The van der Waals surface area contributed by atoms with Crippen molar-refractivity contribution in [1.82, 2.24) is 4.90 Å². The van der Waals surface area contributed by atoms with Gasteiger partial charge in [0.1, 0.15) is 5.60 Å². The molecule has 0 N–H and O–H groups in total. The molecule has 1 heterocycles. The highest BCUT2D eigenvalue weighted by atomic mass is 16.6. The van der Waals surface area contributed by atoms with E-state index in [-0.39, 0.29) is 17.6 Å². The molecule has 4 nitrogen and oxygen atoms in total. The molecule has 2 rings (SSSR count). The number of hydrogen-bond donors (Lipinski definition) is 0. The van der Waals surface area contributed by atoms with E-state index in [4.69, 9.17) is 10.1 Å². The van der Waals surface area contributed by atoms with Gasteiger partial charge < -0.3 is 15.0 Å². The van der Waals surface area contributed by atoms with E-state index in [1.807, 2.05) is 43.9 Å². The Kier molecular flexibility index (Phi) is 5.92. The summed E-state index contributed by atoms with van der Waals surface area (Å²) in [5.41, 5.74) is 0.816. The third-order valence-electron chi connectivity index (χ3n) is 4.46. The number of likely N-dealkylation sites (tertiary alicyclic amines) is 1. The van der Waals surface area contributed by atoms with E-state index in [0.717, 1.165) is 25.9 Å². The van der Waals surface area contributed by atoms with Gasteiger partial charge in [0.05, 0.1) is 0 Å². The van der Waals surface area contributed by atoms with E-state index in [2.05, 4.69) is 26.0 Å². The average molecular weight is 331 g/mol. The number of amides is 1. The number of carbonyl (C=O) groups is 1. The number of hydrogen-bond acceptors (Lipinski definition) is 2. The lowest BCUT2D eigenvalue weighted by atomic mass is 9.81. The molecule has 0 aliphatic carbocycles. The molecule has 0 saturated carbocycles. The molecular formula is C20H31N2O2-. The smallest absolute Gasteiger partial charge is 0.410 e. The summed E-state index contributed by atoms with van der Waals surface area (Å²) in [7, 11) is 0. The van der Waals surface area contributed by atoms with Crippen molar-refractivity contribution >= 4 is 6.09 Å². The average Bonchev–Trinajstić information content (AvgIpc) is 2.52. The van der Waals surface area contributed by atoms with Crippen LogP contribution in [0.4, 0.5) is 4.79 Å². The van der Waals surface area contributed by atoms with Gasteiger partial charge in [-0.2, -0.15) is 0 Å². The molecule has 1 unspecified atom stereocenters. The molecule has 1 aliphatic rings. The molecule has 24 heavy (non-hydrogen) atoms. The molecule has 1 fully saturated rings. The quantitative estimate of drug-likeness (QED) is 0.765. The molecule has 2 atom stereocenters. The Hall–Kier alpha value is -1.55. The standard InChI is InChI=1S/C20H31N2O2/c1-16(17-10-7-6-8-11-17)21-14-20(5)12-9-13-22(15-20)18(23)24-19(2,3)4/h6-8,10-11,16H,9,12-15H2,1-5H3/q-1/t16-,20?/m1/s1. The van der Waals surface area contributed by atoms with Crippen LogP contribution >= 0.6 is 0 Å². The number of ether oxygens (including phenoxy) is 1. The van der Waals surface area contributed by atoms with Crippen LogP contribution in [0.2, 0.25) is 0 Å². The summed E-state index contributed by atoms with van der Waals surface area (Å²) < 4.78 is 5.52. The Morgan fingerprint density at radius 2 is 2.00 bits per heavy atom. The zero-order valence-corrected chi connectivity index (χ0v) is 15.7. The number of benzene rings is 1. The molecule has 1 aromatic carbocycles. The number of carbonyl (C=O) groups excluding carboxylic acids is 1. The highest BCUT2D eigenvalue weighted by Crippen LogP contribution is 2.34. The van der Waals surface area contributed by atoms with Crippen LogP contribution in [0.5, 0.6) is 0 Å². The predicted octanol–water partition coefficient (Wildman–Crippen LogP) is 5.16. The second-order valence-corrected chi connectivity index (χ2v) is 8.24. The molecule has 0 radical (unpaired) electrons. The number of nitrogens with zero attached hydrogens (tertiary/aromatic N) is 2. The van der Waals surface area contributed by atoms with Crippen LogP contribution in [0.25, 0.3) is 5.32 Å². The van der Waals surface area contributed by atoms with Crippen LogP contribution in [0.15, 0.2) is 30.3 Å². The Labute approximate surface area is 146 Å². The summed E-state index contributed by atoms with van der Waals surface area (Å²) in [6.45, 7) is 12.3. The fraction of sp³-hybridized carbons (Fsp3) is 0.650. The molecule has 0 bridgehead atoms. The number of piperidine rings is 1. The van der Waals surface area contributed by atoms with Crippen molar-refractivity contribution in [1.29, 1.82) is 0 Å². The third-order valence-corrected chi connectivity index (χ3v) is 4.46. The van der Waals surface area contributed by atoms with Crippen molar-refractivity contribution in [3.8, 4) is 0 Å². The Balaban J connectivity index is 1.91. The minimum absolute atomic E-state index is 0.0260. The van der Waals surface area contributed by atoms with Gasteiger partial charge in [0, 0.05) is 13.1 Å². The van der Waals surface area contributed by atoms with Crippen LogP contribution in [0.3, 0.4) is 0 Å². The zero-order valence-electron chi connectivity index (χ0n) is 15.7. The monoisotopic (exact) mass is 331 g/mol. The highest BCUT2D eigenvalue weighted by molar-refractivity contribution is 5.68. The molecule has 1 amide bonds. The lowest BCUT2D eigenvalue weighted by Gasteiger charge is -2.46. The van der Waals surface area contributed by atoms with Crippen molar-refractivity contribution < 1.29 is 9.53 Å². The summed E-state index contributed by atoms with van der Waals surface area (Å²) in [5.74, 6) is 0. The van der Waals surface area contributed by atoms with Crippen LogP contribution < -0.4 is 0 Å². The number of rotatable bonds is 4. The van der Waals surface area contributed by atoms with Crippen molar-refractivity contribution in [2.24, 2.45) is 5.41 Å². The first-order valence-electron chi connectivity index (χ1n) is 8.88. The maximum absolute atomic E-state index is 12.3. The lowest BCUT2D eigenvalue weighted by molar-refractivity contribution is 0.00844. The van der Waals surface area contributed by atoms with E-state index in [9.17, 15) is 4.79 Å². The first kappa shape index (κ1) is 18.8. The van der Waals surface area contributed by atoms with Crippen molar-refractivity contribution in [2.45, 2.75) is 59.1 Å². The normalized spacial score (nSPS) is 23.0. The van der Waals surface area contributed by atoms with Gasteiger partial charge in [-0.3, -0.25) is 0 Å². The molecule has 0 aromatic heterocycles. The molecule has 1 saturated heterocycles. The third kappa shape index (κ3) is 5.52. The van der Waals surface area contributed by atoms with Gasteiger partial charge in [-0.25, -0.2) is 4.79 Å². The molecule has 1 aliphatic heterocycles. The van der Waals surface area contributed by atoms with E-state index in [1.54, 1.807) is 0 Å². The van der Waals surface area contributed by atoms with Gasteiger partial charge in [-0.05, 0) is 39.0 Å². The van der Waals surface area contributed by atoms with E-state index in [0.29, 0.717) is 6.54 Å². The van der Waals surface area contributed by atoms with E-state index < -0.39 is 5.60 Å². The Morgan fingerprint density at radius 1 is 1.33 bits per heavy atom. The van der Waals surface area contributed by atoms with Crippen molar-refractivity contribution in [2.75, 3.05) is 19.6 Å². The largest absolute Gasteiger partial charge is 0.655 e. The summed E-state index contributed by atoms with van der Waals surface area (Å²) in [4.78, 5) is 14.2. The zero-order chi connectivity index (χ0) is 17.8.